The smallest absolute Gasteiger partial charge is 0.265 e. The Labute approximate surface area is 259 Å². The fourth-order valence-electron chi connectivity index (χ4n) is 5.81. The van der Waals surface area contributed by atoms with Crippen molar-refractivity contribution in [2.45, 2.75) is 44.9 Å². The Balaban J connectivity index is 1.12. The predicted octanol–water partition coefficient (Wildman–Crippen LogP) is 4.45. The number of piperidine rings is 1. The van der Waals surface area contributed by atoms with E-state index in [1.54, 1.807) is 47.4 Å². The average molecular weight is 617 g/mol. The summed E-state index contributed by atoms with van der Waals surface area (Å²) >= 11 is 0. The Morgan fingerprint density at radius 2 is 1.82 bits per heavy atom. The molecule has 4 heterocycles. The van der Waals surface area contributed by atoms with Gasteiger partial charge in [0.25, 0.3) is 6.43 Å². The van der Waals surface area contributed by atoms with Crippen molar-refractivity contribution in [3.8, 4) is 22.9 Å². The minimum atomic E-state index is -2.67. The van der Waals surface area contributed by atoms with E-state index in [1.807, 2.05) is 13.0 Å². The Bertz CT molecular complexity index is 1600. The number of rotatable bonds is 10. The number of nitrogens with one attached hydrogen (secondary N) is 1. The Hall–Kier alpha value is -4.74. The van der Waals surface area contributed by atoms with Crippen LogP contribution >= 0.6 is 0 Å². The van der Waals surface area contributed by atoms with Crippen LogP contribution < -0.4 is 15.0 Å². The fraction of sp³-hybridized carbons (Fsp3) is 0.419. The molecule has 2 fully saturated rings. The summed E-state index contributed by atoms with van der Waals surface area (Å²) in [6.45, 7) is 7.35. The summed E-state index contributed by atoms with van der Waals surface area (Å²) in [6, 6.07) is 13.0. The molecule has 0 radical (unpaired) electrons. The molecule has 2 aromatic carbocycles. The molecule has 2 aliphatic heterocycles. The number of hydrogen-bond donors (Lipinski definition) is 1. The molecule has 2 saturated heterocycles. The van der Waals surface area contributed by atoms with Gasteiger partial charge in [-0.05, 0) is 66.1 Å². The van der Waals surface area contributed by atoms with Crippen molar-refractivity contribution in [3.63, 3.8) is 0 Å². The first kappa shape index (κ1) is 30.3. The van der Waals surface area contributed by atoms with Gasteiger partial charge >= 0.3 is 0 Å². The number of anilines is 3. The topological polar surface area (TPSA) is 130 Å². The van der Waals surface area contributed by atoms with Gasteiger partial charge in [-0.2, -0.15) is 5.26 Å². The highest BCUT2D eigenvalue weighted by Crippen LogP contribution is 2.34. The molecule has 14 heteroatoms. The molecule has 6 rings (SSSR count). The lowest BCUT2D eigenvalue weighted by molar-refractivity contribution is 0.0115. The Kier molecular flexibility index (Phi) is 9.37. The van der Waals surface area contributed by atoms with Crippen LogP contribution in [0.1, 0.15) is 37.3 Å². The molecule has 0 amide bonds. The number of alkyl halides is 2. The predicted molar refractivity (Wildman–Crippen MR) is 162 cm³/mol. The van der Waals surface area contributed by atoms with E-state index in [-0.39, 0.29) is 23.3 Å². The number of benzene rings is 2. The van der Waals surface area contributed by atoms with Crippen LogP contribution in [0.15, 0.2) is 55.1 Å². The van der Waals surface area contributed by atoms with Gasteiger partial charge in [-0.15, -0.1) is 5.10 Å². The van der Waals surface area contributed by atoms with Gasteiger partial charge < -0.3 is 19.7 Å². The van der Waals surface area contributed by atoms with E-state index >= 15 is 0 Å². The van der Waals surface area contributed by atoms with Gasteiger partial charge in [-0.25, -0.2) is 23.4 Å². The van der Waals surface area contributed by atoms with Crippen molar-refractivity contribution in [1.82, 2.24) is 35.1 Å². The molecule has 234 valence electrons. The van der Waals surface area contributed by atoms with Crippen LogP contribution in [0.25, 0.3) is 11.1 Å². The molecule has 45 heavy (non-hydrogen) atoms. The van der Waals surface area contributed by atoms with Crippen molar-refractivity contribution in [2.75, 3.05) is 49.6 Å². The summed E-state index contributed by atoms with van der Waals surface area (Å²) in [6.07, 6.45) is 3.70. The number of halogens is 2. The highest BCUT2D eigenvalue weighted by Gasteiger charge is 2.27. The molecule has 12 nitrogen and oxygen atoms in total. The number of ether oxygens (including phenoxy) is 2. The van der Waals surface area contributed by atoms with Crippen LogP contribution in [0.3, 0.4) is 0 Å². The second-order valence-electron chi connectivity index (χ2n) is 11.1. The number of hydrogen-bond acceptors (Lipinski definition) is 11. The highest BCUT2D eigenvalue weighted by atomic mass is 19.3. The van der Waals surface area contributed by atoms with Crippen LogP contribution in [0.5, 0.6) is 5.75 Å². The van der Waals surface area contributed by atoms with E-state index in [0.717, 1.165) is 63.5 Å². The van der Waals surface area contributed by atoms with E-state index < -0.39 is 6.43 Å². The van der Waals surface area contributed by atoms with Crippen molar-refractivity contribution in [1.29, 1.82) is 5.26 Å². The zero-order valence-electron chi connectivity index (χ0n) is 24.9. The van der Waals surface area contributed by atoms with Crippen LogP contribution in [0.4, 0.5) is 26.1 Å². The maximum Gasteiger partial charge on any atom is 0.265 e. The van der Waals surface area contributed by atoms with Crippen molar-refractivity contribution in [3.05, 3.63) is 66.2 Å². The molecular weight excluding hydrogens is 582 g/mol. The van der Waals surface area contributed by atoms with Crippen molar-refractivity contribution in [2.24, 2.45) is 0 Å². The maximum absolute atomic E-state index is 14.2. The molecule has 0 aliphatic carbocycles. The minimum absolute atomic E-state index is 0.0971. The number of morpholine rings is 1. The lowest BCUT2D eigenvalue weighted by atomic mass is 10.0. The molecule has 0 spiro atoms. The summed E-state index contributed by atoms with van der Waals surface area (Å²) < 4.78 is 41.4. The van der Waals surface area contributed by atoms with Gasteiger partial charge in [0, 0.05) is 67.1 Å². The third-order valence-electron chi connectivity index (χ3n) is 8.16. The normalized spacial score (nSPS) is 16.8. The Morgan fingerprint density at radius 1 is 1.04 bits per heavy atom. The summed E-state index contributed by atoms with van der Waals surface area (Å²) in [7, 11) is 0. The average Bonchev–Trinajstić information content (AvgIpc) is 3.58. The molecule has 1 atom stereocenters. The van der Waals surface area contributed by atoms with Crippen LogP contribution in [-0.4, -0.2) is 86.6 Å². The number of nitrogens with zero attached hydrogens (tertiary/aromatic N) is 9. The lowest BCUT2D eigenvalue weighted by Crippen LogP contribution is -2.49. The van der Waals surface area contributed by atoms with Gasteiger partial charge in [0.05, 0.1) is 25.3 Å². The molecule has 0 bridgehead atoms. The molecular formula is C31H34F2N10O2. The van der Waals surface area contributed by atoms with E-state index in [0.29, 0.717) is 29.5 Å². The molecule has 1 N–H and O–H groups in total. The zero-order chi connectivity index (χ0) is 31.2. The maximum atomic E-state index is 14.2. The quantitative estimate of drug-likeness (QED) is 0.271. The SMILES string of the molecule is CC(Cn1cnnn1)Oc1cc(-c2cnc(Nc3ccc(N4CCC(N5CCOCC5)CC4)cc3C(F)F)nc2)ccc1C#N. The van der Waals surface area contributed by atoms with Crippen molar-refractivity contribution >= 4 is 17.3 Å². The second kappa shape index (κ2) is 13.9. The lowest BCUT2D eigenvalue weighted by Gasteiger charge is -2.41. The van der Waals surface area contributed by atoms with Gasteiger partial charge in [0.2, 0.25) is 5.95 Å². The summed E-state index contributed by atoms with van der Waals surface area (Å²) in [4.78, 5) is 13.4. The first-order valence-corrected chi connectivity index (χ1v) is 15.0. The number of tetrazole rings is 1. The van der Waals surface area contributed by atoms with E-state index in [4.69, 9.17) is 9.47 Å². The van der Waals surface area contributed by atoms with E-state index in [2.05, 4.69) is 46.7 Å². The third kappa shape index (κ3) is 7.33. The minimum Gasteiger partial charge on any atom is -0.487 e. The van der Waals surface area contributed by atoms with Crippen molar-refractivity contribution < 1.29 is 18.3 Å². The molecule has 0 saturated carbocycles. The Morgan fingerprint density at radius 3 is 2.51 bits per heavy atom. The molecule has 4 aromatic rings. The van der Waals surface area contributed by atoms with E-state index in [1.165, 1.54) is 6.33 Å². The number of nitriles is 1. The van der Waals surface area contributed by atoms with E-state index in [9.17, 15) is 14.0 Å². The standard InChI is InChI=1S/C31H34F2N10O2/c1-21(19-43-20-37-39-40-43)45-29-14-22(2-3-23(29)16-34)24-17-35-31(36-18-24)38-28-5-4-26(15-27(28)30(32)33)41-8-6-25(7-9-41)42-10-12-44-13-11-42/h2-5,14-15,17-18,20-21,25,30H,6-13,19H2,1H3,(H,35,36,38). The second-order valence-corrected chi connectivity index (χ2v) is 11.1. The van der Waals surface area contributed by atoms with Gasteiger partial charge in [-0.1, -0.05) is 6.07 Å². The summed E-state index contributed by atoms with van der Waals surface area (Å²) in [5.41, 5.74) is 2.74. The van der Waals surface area contributed by atoms with Gasteiger partial charge in [-0.3, -0.25) is 4.90 Å². The zero-order valence-corrected chi connectivity index (χ0v) is 24.9. The fourth-order valence-corrected chi connectivity index (χ4v) is 5.81. The monoisotopic (exact) mass is 616 g/mol. The van der Waals surface area contributed by atoms with Gasteiger partial charge in [0.15, 0.2) is 0 Å². The third-order valence-corrected chi connectivity index (χ3v) is 8.16. The van der Waals surface area contributed by atoms with Crippen LogP contribution in [-0.2, 0) is 11.3 Å². The first-order valence-electron chi connectivity index (χ1n) is 15.0. The highest BCUT2D eigenvalue weighted by molar-refractivity contribution is 5.68. The number of aromatic nitrogens is 6. The van der Waals surface area contributed by atoms with Gasteiger partial charge in [0.1, 0.15) is 24.3 Å². The molecule has 2 aromatic heterocycles. The first-order chi connectivity index (χ1) is 22.0. The largest absolute Gasteiger partial charge is 0.487 e. The summed E-state index contributed by atoms with van der Waals surface area (Å²) in [5, 5.41) is 23.6. The summed E-state index contributed by atoms with van der Waals surface area (Å²) in [5.74, 6) is 0.602. The molecule has 1 unspecified atom stereocenters. The van der Waals surface area contributed by atoms with Crippen LogP contribution in [0, 0.1) is 11.3 Å². The molecule has 2 aliphatic rings. The van der Waals surface area contributed by atoms with Crippen LogP contribution in [0.2, 0.25) is 0 Å².